The van der Waals surface area contributed by atoms with Gasteiger partial charge in [-0.1, -0.05) is 0 Å². The Hall–Kier alpha value is -0.200. The molecule has 0 bridgehead atoms. The first kappa shape index (κ1) is 10.8. The van der Waals surface area contributed by atoms with Crippen molar-refractivity contribution < 1.29 is 0 Å². The molecule has 3 heteroatoms. The molecule has 2 nitrogen and oxygen atoms in total. The van der Waals surface area contributed by atoms with E-state index in [9.17, 15) is 0 Å². The zero-order valence-corrected chi connectivity index (χ0v) is 7.98. The lowest BCUT2D eigenvalue weighted by atomic mass is 10.3. The normalized spacial score (nSPS) is 10.0. The average molecular weight is 172 g/mol. The van der Waals surface area contributed by atoms with Crippen LogP contribution in [-0.4, -0.2) is 30.8 Å². The number of hydrogen-bond donors (Lipinski definition) is 1. The smallest absolute Gasteiger partial charge is 0.0635 e. The summed E-state index contributed by atoms with van der Waals surface area (Å²) >= 11 is 4.12. The quantitative estimate of drug-likeness (QED) is 0.486. The Kier molecular flexibility index (Phi) is 7.76. The van der Waals surface area contributed by atoms with Gasteiger partial charge in [-0.25, -0.2) is 0 Å². The molecule has 0 N–H and O–H groups in total. The van der Waals surface area contributed by atoms with E-state index in [-0.39, 0.29) is 0 Å². The summed E-state index contributed by atoms with van der Waals surface area (Å²) in [6.45, 7) is 1.98. The predicted molar refractivity (Wildman–Crippen MR) is 50.8 cm³/mol. The second-order valence-corrected chi connectivity index (χ2v) is 3.09. The zero-order valence-electron chi connectivity index (χ0n) is 7.08. The zero-order chi connectivity index (χ0) is 8.53. The SMILES string of the molecule is CN(CCC#N)CCCCS. The number of hydrogen-bond acceptors (Lipinski definition) is 3. The van der Waals surface area contributed by atoms with E-state index in [1.165, 1.54) is 12.8 Å². The van der Waals surface area contributed by atoms with E-state index in [1.54, 1.807) is 0 Å². The van der Waals surface area contributed by atoms with Crippen molar-refractivity contribution >= 4 is 12.6 Å². The molecule has 11 heavy (non-hydrogen) atoms. The standard InChI is InChI=1S/C8H16N2S/c1-10(7-4-5-9)6-2-3-8-11/h11H,2-4,6-8H2,1H3. The minimum Gasteiger partial charge on any atom is -0.305 e. The van der Waals surface area contributed by atoms with Gasteiger partial charge in [-0.3, -0.25) is 0 Å². The van der Waals surface area contributed by atoms with Crippen LogP contribution in [-0.2, 0) is 0 Å². The molecule has 0 unspecified atom stereocenters. The van der Waals surface area contributed by atoms with Gasteiger partial charge in [-0.2, -0.15) is 17.9 Å². The highest BCUT2D eigenvalue weighted by molar-refractivity contribution is 7.80. The van der Waals surface area contributed by atoms with Crippen LogP contribution in [0, 0.1) is 11.3 Å². The van der Waals surface area contributed by atoms with Gasteiger partial charge in [0.25, 0.3) is 0 Å². The first-order valence-corrected chi connectivity index (χ1v) is 4.61. The summed E-state index contributed by atoms with van der Waals surface area (Å²) in [5, 5.41) is 8.30. The number of unbranched alkanes of at least 4 members (excludes halogenated alkanes) is 1. The van der Waals surface area contributed by atoms with E-state index in [2.05, 4.69) is 30.6 Å². The summed E-state index contributed by atoms with van der Waals surface area (Å²) in [5.74, 6) is 0.964. The van der Waals surface area contributed by atoms with Gasteiger partial charge in [0.15, 0.2) is 0 Å². The van der Waals surface area contributed by atoms with E-state index < -0.39 is 0 Å². The fourth-order valence-corrected chi connectivity index (χ4v) is 1.07. The molecule has 0 heterocycles. The Labute approximate surface area is 74.6 Å². The van der Waals surface area contributed by atoms with E-state index in [1.807, 2.05) is 0 Å². The predicted octanol–water partition coefficient (Wildman–Crippen LogP) is 1.54. The van der Waals surface area contributed by atoms with Crippen molar-refractivity contribution in [1.29, 1.82) is 5.26 Å². The minimum absolute atomic E-state index is 0.636. The molecule has 0 rings (SSSR count). The maximum absolute atomic E-state index is 8.30. The van der Waals surface area contributed by atoms with Crippen molar-refractivity contribution in [1.82, 2.24) is 4.90 Å². The lowest BCUT2D eigenvalue weighted by Gasteiger charge is -2.13. The molecule has 0 spiro atoms. The van der Waals surface area contributed by atoms with Crippen molar-refractivity contribution in [2.75, 3.05) is 25.9 Å². The monoisotopic (exact) mass is 172 g/mol. The van der Waals surface area contributed by atoms with Crippen molar-refractivity contribution in [2.24, 2.45) is 0 Å². The van der Waals surface area contributed by atoms with Gasteiger partial charge in [0.1, 0.15) is 0 Å². The summed E-state index contributed by atoms with van der Waals surface area (Å²) in [6.07, 6.45) is 2.99. The van der Waals surface area contributed by atoms with E-state index in [4.69, 9.17) is 5.26 Å². The van der Waals surface area contributed by atoms with E-state index in [0.717, 1.165) is 18.8 Å². The molecule has 0 aromatic heterocycles. The molecule has 64 valence electrons. The minimum atomic E-state index is 0.636. The molecule has 0 radical (unpaired) electrons. The molecule has 0 aromatic carbocycles. The van der Waals surface area contributed by atoms with Crippen molar-refractivity contribution in [2.45, 2.75) is 19.3 Å². The fraction of sp³-hybridized carbons (Fsp3) is 0.875. The molecule has 0 aliphatic rings. The Bertz CT molecular complexity index is 120. The molecule has 0 saturated carbocycles. The summed E-state index contributed by atoms with van der Waals surface area (Å²) in [6, 6.07) is 2.13. The summed E-state index contributed by atoms with van der Waals surface area (Å²) in [7, 11) is 2.05. The van der Waals surface area contributed by atoms with Gasteiger partial charge in [0.2, 0.25) is 0 Å². The number of thiol groups is 1. The molecule has 0 saturated heterocycles. The fourth-order valence-electron chi connectivity index (χ4n) is 0.846. The van der Waals surface area contributed by atoms with E-state index in [0.29, 0.717) is 6.42 Å². The Morgan fingerprint density at radius 1 is 1.36 bits per heavy atom. The lowest BCUT2D eigenvalue weighted by molar-refractivity contribution is 0.336. The lowest BCUT2D eigenvalue weighted by Crippen LogP contribution is -2.20. The summed E-state index contributed by atoms with van der Waals surface area (Å²) < 4.78 is 0. The Morgan fingerprint density at radius 2 is 2.09 bits per heavy atom. The molecule has 0 aliphatic heterocycles. The molecule has 0 fully saturated rings. The van der Waals surface area contributed by atoms with Gasteiger partial charge in [0, 0.05) is 13.0 Å². The molecule has 0 atom stereocenters. The first-order chi connectivity index (χ1) is 5.31. The average Bonchev–Trinajstić information content (AvgIpc) is 2.01. The largest absolute Gasteiger partial charge is 0.305 e. The van der Waals surface area contributed by atoms with Crippen LogP contribution in [0.4, 0.5) is 0 Å². The first-order valence-electron chi connectivity index (χ1n) is 3.97. The van der Waals surface area contributed by atoms with Gasteiger partial charge in [0.05, 0.1) is 6.07 Å². The number of nitrogens with zero attached hydrogens (tertiary/aromatic N) is 2. The molecular formula is C8H16N2S. The van der Waals surface area contributed by atoms with Crippen molar-refractivity contribution in [3.05, 3.63) is 0 Å². The molecule has 0 amide bonds. The molecule has 0 aliphatic carbocycles. The van der Waals surface area contributed by atoms with Crippen molar-refractivity contribution in [3.8, 4) is 6.07 Å². The topological polar surface area (TPSA) is 27.0 Å². The number of rotatable bonds is 6. The third-order valence-corrected chi connectivity index (χ3v) is 1.87. The van der Waals surface area contributed by atoms with Crippen LogP contribution in [0.25, 0.3) is 0 Å². The van der Waals surface area contributed by atoms with Gasteiger partial charge in [-0.05, 0) is 32.2 Å². The third-order valence-electron chi connectivity index (χ3n) is 1.55. The van der Waals surface area contributed by atoms with Gasteiger partial charge < -0.3 is 4.90 Å². The highest BCUT2D eigenvalue weighted by atomic mass is 32.1. The van der Waals surface area contributed by atoms with Crippen LogP contribution in [0.3, 0.4) is 0 Å². The highest BCUT2D eigenvalue weighted by Gasteiger charge is 1.95. The maximum atomic E-state index is 8.30. The van der Waals surface area contributed by atoms with Crippen LogP contribution >= 0.6 is 12.6 Å². The van der Waals surface area contributed by atoms with Crippen LogP contribution in [0.15, 0.2) is 0 Å². The molecule has 0 aromatic rings. The Morgan fingerprint density at radius 3 is 2.64 bits per heavy atom. The maximum Gasteiger partial charge on any atom is 0.0635 e. The van der Waals surface area contributed by atoms with Crippen LogP contribution < -0.4 is 0 Å². The van der Waals surface area contributed by atoms with Crippen molar-refractivity contribution in [3.63, 3.8) is 0 Å². The second kappa shape index (κ2) is 7.90. The van der Waals surface area contributed by atoms with Crippen LogP contribution in [0.5, 0.6) is 0 Å². The highest BCUT2D eigenvalue weighted by Crippen LogP contribution is 1.94. The Balaban J connectivity index is 3.10. The van der Waals surface area contributed by atoms with Crippen LogP contribution in [0.2, 0.25) is 0 Å². The molecular weight excluding hydrogens is 156 g/mol. The second-order valence-electron chi connectivity index (χ2n) is 2.64. The summed E-state index contributed by atoms with van der Waals surface area (Å²) in [4.78, 5) is 2.19. The van der Waals surface area contributed by atoms with E-state index >= 15 is 0 Å². The van der Waals surface area contributed by atoms with Crippen LogP contribution in [0.1, 0.15) is 19.3 Å². The number of nitriles is 1. The summed E-state index contributed by atoms with van der Waals surface area (Å²) in [5.41, 5.74) is 0. The van der Waals surface area contributed by atoms with Gasteiger partial charge >= 0.3 is 0 Å². The third kappa shape index (κ3) is 7.70. The van der Waals surface area contributed by atoms with Gasteiger partial charge in [-0.15, -0.1) is 0 Å².